The summed E-state index contributed by atoms with van der Waals surface area (Å²) in [6.07, 6.45) is 3.91. The van der Waals surface area contributed by atoms with Crippen molar-refractivity contribution in [2.45, 2.75) is 45.6 Å². The van der Waals surface area contributed by atoms with Crippen molar-refractivity contribution in [1.82, 2.24) is 15.5 Å². The number of carbonyl (C=O) groups is 1. The summed E-state index contributed by atoms with van der Waals surface area (Å²) >= 11 is 0. The molecule has 2 heterocycles. The van der Waals surface area contributed by atoms with Crippen molar-refractivity contribution >= 4 is 17.8 Å². The summed E-state index contributed by atoms with van der Waals surface area (Å²) < 4.78 is 0. The molecule has 6 heteroatoms. The lowest BCUT2D eigenvalue weighted by atomic mass is 10.00. The van der Waals surface area contributed by atoms with Crippen LogP contribution < -0.4 is 10.6 Å². The Bertz CT molecular complexity index is 384. The molecule has 2 aliphatic rings. The van der Waals surface area contributed by atoms with Gasteiger partial charge in [-0.1, -0.05) is 13.8 Å². The van der Waals surface area contributed by atoms with Gasteiger partial charge >= 0.3 is 0 Å². The number of piperidine rings is 1. The molecule has 1 unspecified atom stereocenters. The van der Waals surface area contributed by atoms with Crippen LogP contribution in [0.1, 0.15) is 39.5 Å². The zero-order valence-corrected chi connectivity index (χ0v) is 11.7. The molecule has 0 aromatic carbocycles. The topological polar surface area (TPSA) is 80.6 Å². The summed E-state index contributed by atoms with van der Waals surface area (Å²) in [5.74, 6) is 1.00. The maximum atomic E-state index is 11.6. The van der Waals surface area contributed by atoms with Gasteiger partial charge in [0.2, 0.25) is 5.96 Å². The minimum atomic E-state index is -0.119. The first-order chi connectivity index (χ1) is 9.06. The maximum absolute atomic E-state index is 11.6. The lowest BCUT2D eigenvalue weighted by molar-refractivity contribution is -0.118. The van der Waals surface area contributed by atoms with Crippen LogP contribution in [0.2, 0.25) is 0 Å². The maximum Gasteiger partial charge on any atom is 0.250 e. The van der Waals surface area contributed by atoms with Crippen LogP contribution in [0.5, 0.6) is 0 Å². The monoisotopic (exact) mass is 265 g/mol. The highest BCUT2D eigenvalue weighted by molar-refractivity contribution is 6.03. The molecule has 0 spiro atoms. The molecule has 106 valence electrons. The average molecular weight is 265 g/mol. The summed E-state index contributed by atoms with van der Waals surface area (Å²) in [4.78, 5) is 17.5. The SMILES string of the molecule is CC(C)C1CC(=O)N=C(NC(=N)N2CCCCC2)N1. The number of amides is 1. The highest BCUT2D eigenvalue weighted by Gasteiger charge is 2.25. The minimum absolute atomic E-state index is 0.0988. The van der Waals surface area contributed by atoms with E-state index in [0.717, 1.165) is 25.9 Å². The van der Waals surface area contributed by atoms with Crippen LogP contribution in [0.25, 0.3) is 0 Å². The molecule has 0 saturated carbocycles. The van der Waals surface area contributed by atoms with Crippen molar-refractivity contribution in [2.75, 3.05) is 13.1 Å². The third kappa shape index (κ3) is 3.68. The molecule has 1 saturated heterocycles. The number of aliphatic imine (C=N–C) groups is 1. The molecule has 0 aromatic heterocycles. The van der Waals surface area contributed by atoms with Gasteiger partial charge in [0.1, 0.15) is 0 Å². The number of rotatable bonds is 1. The fraction of sp³-hybridized carbons (Fsp3) is 0.769. The van der Waals surface area contributed by atoms with Crippen LogP contribution >= 0.6 is 0 Å². The fourth-order valence-corrected chi connectivity index (χ4v) is 2.39. The Balaban J connectivity index is 1.93. The largest absolute Gasteiger partial charge is 0.352 e. The average Bonchev–Trinajstić information content (AvgIpc) is 2.39. The number of hydrogen-bond donors (Lipinski definition) is 3. The van der Waals surface area contributed by atoms with Gasteiger partial charge in [-0.2, -0.15) is 4.99 Å². The van der Waals surface area contributed by atoms with E-state index in [2.05, 4.69) is 29.5 Å². The first-order valence-electron chi connectivity index (χ1n) is 7.05. The molecular weight excluding hydrogens is 242 g/mol. The molecule has 6 nitrogen and oxygen atoms in total. The predicted molar refractivity (Wildman–Crippen MR) is 75.1 cm³/mol. The second kappa shape index (κ2) is 6.04. The van der Waals surface area contributed by atoms with Gasteiger partial charge in [0.15, 0.2) is 5.96 Å². The highest BCUT2D eigenvalue weighted by Crippen LogP contribution is 2.11. The standard InChI is InChI=1S/C13H23N5O/c1-9(2)10-8-11(19)16-13(15-10)17-12(14)18-6-4-3-5-7-18/h9-10H,3-8H2,1-2H3,(H3,14,15,16,17,19). The number of nitrogens with zero attached hydrogens (tertiary/aromatic N) is 2. The molecule has 19 heavy (non-hydrogen) atoms. The van der Waals surface area contributed by atoms with Crippen LogP contribution in [0.3, 0.4) is 0 Å². The molecule has 0 aromatic rings. The normalized spacial score (nSPS) is 23.9. The number of carbonyl (C=O) groups excluding carboxylic acids is 1. The number of hydrogen-bond acceptors (Lipinski definition) is 3. The number of nitrogens with one attached hydrogen (secondary N) is 3. The molecule has 2 rings (SSSR count). The zero-order valence-electron chi connectivity index (χ0n) is 11.7. The van der Waals surface area contributed by atoms with Crippen LogP contribution in [0.15, 0.2) is 4.99 Å². The molecule has 3 N–H and O–H groups in total. The van der Waals surface area contributed by atoms with E-state index in [-0.39, 0.29) is 11.9 Å². The quantitative estimate of drug-likeness (QED) is 0.486. The van der Waals surface area contributed by atoms with Crippen LogP contribution in [-0.4, -0.2) is 41.9 Å². The van der Waals surface area contributed by atoms with E-state index in [9.17, 15) is 4.79 Å². The van der Waals surface area contributed by atoms with Crippen LogP contribution in [-0.2, 0) is 4.79 Å². The smallest absolute Gasteiger partial charge is 0.250 e. The highest BCUT2D eigenvalue weighted by atomic mass is 16.1. The van der Waals surface area contributed by atoms with Gasteiger partial charge in [-0.15, -0.1) is 0 Å². The lowest BCUT2D eigenvalue weighted by Crippen LogP contribution is -2.55. The van der Waals surface area contributed by atoms with Gasteiger partial charge in [0.05, 0.1) is 0 Å². The molecule has 0 aliphatic carbocycles. The molecule has 0 bridgehead atoms. The summed E-state index contributed by atoms with van der Waals surface area (Å²) in [5, 5.41) is 14.2. The van der Waals surface area contributed by atoms with Gasteiger partial charge in [-0.05, 0) is 25.2 Å². The van der Waals surface area contributed by atoms with Crippen molar-refractivity contribution < 1.29 is 4.79 Å². The van der Waals surface area contributed by atoms with Gasteiger partial charge in [-0.3, -0.25) is 15.5 Å². The summed E-state index contributed by atoms with van der Waals surface area (Å²) in [5.41, 5.74) is 0. The van der Waals surface area contributed by atoms with Crippen molar-refractivity contribution in [2.24, 2.45) is 10.9 Å². The first-order valence-corrected chi connectivity index (χ1v) is 7.05. The Morgan fingerprint density at radius 1 is 1.42 bits per heavy atom. The summed E-state index contributed by atoms with van der Waals surface area (Å²) in [6, 6.07) is 0.0988. The Morgan fingerprint density at radius 2 is 2.11 bits per heavy atom. The lowest BCUT2D eigenvalue weighted by Gasteiger charge is -2.31. The van der Waals surface area contributed by atoms with Crippen LogP contribution in [0.4, 0.5) is 0 Å². The van der Waals surface area contributed by atoms with Crippen molar-refractivity contribution in [3.8, 4) is 0 Å². The third-order valence-corrected chi connectivity index (χ3v) is 3.67. The Morgan fingerprint density at radius 3 is 2.74 bits per heavy atom. The second-order valence-electron chi connectivity index (χ2n) is 5.57. The van der Waals surface area contributed by atoms with E-state index in [1.807, 2.05) is 4.90 Å². The van der Waals surface area contributed by atoms with E-state index in [4.69, 9.17) is 5.41 Å². The Labute approximate surface area is 114 Å². The van der Waals surface area contributed by atoms with E-state index in [1.54, 1.807) is 0 Å². The third-order valence-electron chi connectivity index (χ3n) is 3.67. The Kier molecular flexibility index (Phi) is 4.39. The van der Waals surface area contributed by atoms with Gasteiger partial charge in [-0.25, -0.2) is 0 Å². The minimum Gasteiger partial charge on any atom is -0.352 e. The molecule has 1 amide bonds. The van der Waals surface area contributed by atoms with Crippen LogP contribution in [0, 0.1) is 11.3 Å². The summed E-state index contributed by atoms with van der Waals surface area (Å²) in [6.45, 7) is 5.95. The van der Waals surface area contributed by atoms with Crippen molar-refractivity contribution in [3.05, 3.63) is 0 Å². The van der Waals surface area contributed by atoms with Gasteiger partial charge < -0.3 is 10.2 Å². The fourth-order valence-electron chi connectivity index (χ4n) is 2.39. The van der Waals surface area contributed by atoms with E-state index in [0.29, 0.717) is 24.3 Å². The number of likely N-dealkylation sites (tertiary alicyclic amines) is 1. The molecular formula is C13H23N5O. The number of guanidine groups is 2. The predicted octanol–water partition coefficient (Wildman–Crippen LogP) is 0.897. The van der Waals surface area contributed by atoms with Gasteiger partial charge in [0.25, 0.3) is 5.91 Å². The molecule has 0 radical (unpaired) electrons. The molecule has 2 aliphatic heterocycles. The van der Waals surface area contributed by atoms with E-state index >= 15 is 0 Å². The van der Waals surface area contributed by atoms with E-state index < -0.39 is 0 Å². The van der Waals surface area contributed by atoms with Crippen molar-refractivity contribution in [1.29, 1.82) is 5.41 Å². The molecule has 1 fully saturated rings. The summed E-state index contributed by atoms with van der Waals surface area (Å²) in [7, 11) is 0. The van der Waals surface area contributed by atoms with Gasteiger partial charge in [0, 0.05) is 25.6 Å². The Hall–Kier alpha value is -1.59. The molecule has 1 atom stereocenters. The first kappa shape index (κ1) is 13.8. The second-order valence-corrected chi connectivity index (χ2v) is 5.57. The zero-order chi connectivity index (χ0) is 13.8. The van der Waals surface area contributed by atoms with E-state index in [1.165, 1.54) is 6.42 Å². The van der Waals surface area contributed by atoms with Crippen molar-refractivity contribution in [3.63, 3.8) is 0 Å².